The highest BCUT2D eigenvalue weighted by atomic mass is 32.2. The summed E-state index contributed by atoms with van der Waals surface area (Å²) >= 11 is 0. The molecule has 21 heavy (non-hydrogen) atoms. The summed E-state index contributed by atoms with van der Waals surface area (Å²) in [5.41, 5.74) is 0. The van der Waals surface area contributed by atoms with E-state index in [4.69, 9.17) is 0 Å². The molecule has 1 aliphatic rings. The van der Waals surface area contributed by atoms with Gasteiger partial charge in [0.15, 0.2) is 0 Å². The molecule has 1 rings (SSSR count). The molecule has 0 aromatic heterocycles. The van der Waals surface area contributed by atoms with Crippen molar-refractivity contribution in [3.8, 4) is 0 Å². The third-order valence-electron chi connectivity index (χ3n) is 3.64. The molecule has 1 aliphatic heterocycles. The Labute approximate surface area is 128 Å². The first kappa shape index (κ1) is 18.8. The van der Waals surface area contributed by atoms with Crippen LogP contribution < -0.4 is 5.32 Å². The molecule has 7 nitrogen and oxygen atoms in total. The average molecular weight is 341 g/mol. The first-order chi connectivity index (χ1) is 9.70. The largest absolute Gasteiger partial charge is 0.314 e. The minimum atomic E-state index is -3.39. The summed E-state index contributed by atoms with van der Waals surface area (Å²) in [6.07, 6.45) is 1.88. The number of hydrogen-bond acceptors (Lipinski definition) is 5. The minimum absolute atomic E-state index is 0.0146. The molecule has 1 fully saturated rings. The van der Waals surface area contributed by atoms with Gasteiger partial charge < -0.3 is 5.32 Å². The number of nitrogens with zero attached hydrogens (tertiary/aromatic N) is 2. The molecule has 0 saturated carbocycles. The van der Waals surface area contributed by atoms with Gasteiger partial charge in [-0.25, -0.2) is 21.1 Å². The number of hydrogen-bond donors (Lipinski definition) is 1. The molecule has 1 atom stereocenters. The lowest BCUT2D eigenvalue weighted by atomic mass is 10.1. The van der Waals surface area contributed by atoms with Gasteiger partial charge in [0, 0.05) is 39.8 Å². The standard InChI is InChI=1S/C12H27N3O4S2/c1-4-6-12-11-13-7-8-15(12)21(18,19)10-5-9-20(16,17)14(2)3/h12-13H,4-11H2,1-3H3. The maximum Gasteiger partial charge on any atom is 0.214 e. The van der Waals surface area contributed by atoms with E-state index >= 15 is 0 Å². The second-order valence-electron chi connectivity index (χ2n) is 5.53. The summed E-state index contributed by atoms with van der Waals surface area (Å²) in [4.78, 5) is 0. The molecule has 126 valence electrons. The van der Waals surface area contributed by atoms with Crippen LogP contribution in [-0.2, 0) is 20.0 Å². The predicted octanol–water partition coefficient (Wildman–Crippen LogP) is -0.328. The predicted molar refractivity (Wildman–Crippen MR) is 84.1 cm³/mol. The molecule has 0 aromatic rings. The fourth-order valence-corrected chi connectivity index (χ4v) is 5.22. The van der Waals surface area contributed by atoms with Gasteiger partial charge >= 0.3 is 0 Å². The average Bonchev–Trinajstić information content (AvgIpc) is 2.39. The van der Waals surface area contributed by atoms with Crippen LogP contribution in [0.3, 0.4) is 0 Å². The van der Waals surface area contributed by atoms with E-state index in [0.717, 1.165) is 17.1 Å². The van der Waals surface area contributed by atoms with Crippen molar-refractivity contribution >= 4 is 20.0 Å². The van der Waals surface area contributed by atoms with E-state index in [9.17, 15) is 16.8 Å². The van der Waals surface area contributed by atoms with Crippen LogP contribution >= 0.6 is 0 Å². The van der Waals surface area contributed by atoms with Gasteiger partial charge in [-0.05, 0) is 12.8 Å². The number of nitrogens with one attached hydrogen (secondary N) is 1. The summed E-state index contributed by atoms with van der Waals surface area (Å²) in [7, 11) is -3.82. The van der Waals surface area contributed by atoms with Crippen molar-refractivity contribution in [2.45, 2.75) is 32.2 Å². The zero-order chi connectivity index (χ0) is 16.1. The van der Waals surface area contributed by atoms with Crippen LogP contribution in [0.2, 0.25) is 0 Å². The van der Waals surface area contributed by atoms with Crippen molar-refractivity contribution < 1.29 is 16.8 Å². The molecule has 0 bridgehead atoms. The zero-order valence-corrected chi connectivity index (χ0v) is 14.7. The van der Waals surface area contributed by atoms with E-state index in [1.807, 2.05) is 6.92 Å². The van der Waals surface area contributed by atoms with Crippen LogP contribution in [0.1, 0.15) is 26.2 Å². The first-order valence-corrected chi connectivity index (χ1v) is 10.5. The molecular weight excluding hydrogens is 314 g/mol. The van der Waals surface area contributed by atoms with E-state index in [2.05, 4.69) is 5.32 Å². The lowest BCUT2D eigenvalue weighted by molar-refractivity contribution is 0.254. The van der Waals surface area contributed by atoms with Gasteiger partial charge in [0.1, 0.15) is 0 Å². The molecule has 0 radical (unpaired) electrons. The van der Waals surface area contributed by atoms with Crippen molar-refractivity contribution in [1.82, 2.24) is 13.9 Å². The highest BCUT2D eigenvalue weighted by molar-refractivity contribution is 7.90. The fourth-order valence-electron chi connectivity index (χ4n) is 2.41. The molecule has 1 heterocycles. The van der Waals surface area contributed by atoms with E-state index in [0.29, 0.717) is 19.6 Å². The van der Waals surface area contributed by atoms with Crippen LogP contribution in [0.15, 0.2) is 0 Å². The van der Waals surface area contributed by atoms with Crippen LogP contribution in [0.4, 0.5) is 0 Å². The van der Waals surface area contributed by atoms with E-state index in [1.54, 1.807) is 4.31 Å². The molecule has 1 unspecified atom stereocenters. The second kappa shape index (κ2) is 7.87. The summed E-state index contributed by atoms with van der Waals surface area (Å²) in [5, 5.41) is 3.21. The van der Waals surface area contributed by atoms with E-state index in [-0.39, 0.29) is 24.0 Å². The van der Waals surface area contributed by atoms with Crippen LogP contribution in [0.25, 0.3) is 0 Å². The van der Waals surface area contributed by atoms with Crippen molar-refractivity contribution in [3.05, 3.63) is 0 Å². The quantitative estimate of drug-likeness (QED) is 0.653. The Balaban J connectivity index is 2.63. The maximum atomic E-state index is 12.4. The van der Waals surface area contributed by atoms with E-state index in [1.165, 1.54) is 14.1 Å². The molecule has 1 saturated heterocycles. The number of piperazine rings is 1. The maximum absolute atomic E-state index is 12.4. The van der Waals surface area contributed by atoms with Crippen LogP contribution in [0, 0.1) is 0 Å². The van der Waals surface area contributed by atoms with Crippen molar-refractivity contribution in [1.29, 1.82) is 0 Å². The van der Waals surface area contributed by atoms with Crippen molar-refractivity contribution in [2.75, 3.05) is 45.2 Å². The van der Waals surface area contributed by atoms with Gasteiger partial charge in [0.25, 0.3) is 0 Å². The Morgan fingerprint density at radius 1 is 1.19 bits per heavy atom. The summed E-state index contributed by atoms with van der Waals surface area (Å²) < 4.78 is 50.8. The molecule has 9 heteroatoms. The normalized spacial score (nSPS) is 21.8. The highest BCUT2D eigenvalue weighted by Gasteiger charge is 2.31. The van der Waals surface area contributed by atoms with Crippen molar-refractivity contribution in [3.63, 3.8) is 0 Å². The van der Waals surface area contributed by atoms with Gasteiger partial charge in [-0.2, -0.15) is 4.31 Å². The topological polar surface area (TPSA) is 86.8 Å². The second-order valence-corrected chi connectivity index (χ2v) is 9.87. The SMILES string of the molecule is CCCC1CNCCN1S(=O)(=O)CCCS(=O)(=O)N(C)C. The van der Waals surface area contributed by atoms with Crippen molar-refractivity contribution in [2.24, 2.45) is 0 Å². The Hall–Kier alpha value is -0.220. The van der Waals surface area contributed by atoms with Gasteiger partial charge in [-0.3, -0.25) is 0 Å². The van der Waals surface area contributed by atoms with Gasteiger partial charge in [0.2, 0.25) is 20.0 Å². The first-order valence-electron chi connectivity index (χ1n) is 7.31. The van der Waals surface area contributed by atoms with Gasteiger partial charge in [0.05, 0.1) is 11.5 Å². The molecule has 0 aromatic carbocycles. The molecule has 0 spiro atoms. The Bertz CT molecular complexity index is 515. The lowest BCUT2D eigenvalue weighted by Crippen LogP contribution is -2.54. The van der Waals surface area contributed by atoms with Gasteiger partial charge in [-0.15, -0.1) is 0 Å². The number of sulfonamides is 2. The lowest BCUT2D eigenvalue weighted by Gasteiger charge is -2.35. The number of rotatable bonds is 8. The summed E-state index contributed by atoms with van der Waals surface area (Å²) in [6, 6.07) is -0.0146. The van der Waals surface area contributed by atoms with Crippen LogP contribution in [-0.4, -0.2) is 76.7 Å². The third kappa shape index (κ3) is 5.48. The zero-order valence-electron chi connectivity index (χ0n) is 13.1. The fraction of sp³-hybridized carbons (Fsp3) is 1.00. The highest BCUT2D eigenvalue weighted by Crippen LogP contribution is 2.16. The molecular formula is C12H27N3O4S2. The molecule has 1 N–H and O–H groups in total. The third-order valence-corrected chi connectivity index (χ3v) is 7.55. The molecule has 0 amide bonds. The van der Waals surface area contributed by atoms with Gasteiger partial charge in [-0.1, -0.05) is 13.3 Å². The Morgan fingerprint density at radius 2 is 1.86 bits per heavy atom. The monoisotopic (exact) mass is 341 g/mol. The smallest absolute Gasteiger partial charge is 0.214 e. The molecule has 0 aliphatic carbocycles. The Morgan fingerprint density at radius 3 is 2.43 bits per heavy atom. The summed E-state index contributed by atoms with van der Waals surface area (Å²) in [5.74, 6) is -0.246. The van der Waals surface area contributed by atoms with Crippen LogP contribution in [0.5, 0.6) is 0 Å². The Kier molecular flexibility index (Phi) is 7.05. The minimum Gasteiger partial charge on any atom is -0.314 e. The summed E-state index contributed by atoms with van der Waals surface area (Å²) in [6.45, 7) is 3.81. The van der Waals surface area contributed by atoms with E-state index < -0.39 is 20.0 Å².